The molecule has 1 saturated carbocycles. The number of rotatable bonds is 5. The van der Waals surface area contributed by atoms with Crippen molar-refractivity contribution in [2.45, 2.75) is 45.7 Å². The monoisotopic (exact) mass is 367 g/mol. The summed E-state index contributed by atoms with van der Waals surface area (Å²) in [6.45, 7) is 7.88. The van der Waals surface area contributed by atoms with Crippen molar-refractivity contribution in [2.75, 3.05) is 32.7 Å². The molecule has 0 spiro atoms. The average Bonchev–Trinajstić information content (AvgIpc) is 3.42. The maximum Gasteiger partial charge on any atom is 0.321 e. The number of urea groups is 1. The molecule has 146 valence electrons. The van der Waals surface area contributed by atoms with E-state index >= 15 is 0 Å². The van der Waals surface area contributed by atoms with Crippen LogP contribution in [0.25, 0.3) is 0 Å². The lowest BCUT2D eigenvalue weighted by Crippen LogP contribution is -2.57. The van der Waals surface area contributed by atoms with E-state index in [0.29, 0.717) is 38.6 Å². The summed E-state index contributed by atoms with van der Waals surface area (Å²) in [5.41, 5.74) is 0. The fraction of sp³-hybridized carbons (Fsp3) is 0.765. The van der Waals surface area contributed by atoms with E-state index in [4.69, 9.17) is 0 Å². The first-order valence-electron chi connectivity index (χ1n) is 9.20. The van der Waals surface area contributed by atoms with Crippen LogP contribution in [0, 0.1) is 5.92 Å². The van der Waals surface area contributed by atoms with Gasteiger partial charge in [-0.3, -0.25) is 24.6 Å². The highest BCUT2D eigenvalue weighted by atomic mass is 16.2. The smallest absolute Gasteiger partial charge is 0.321 e. The molecule has 9 nitrogen and oxygen atoms in total. The van der Waals surface area contributed by atoms with Crippen molar-refractivity contribution in [3.05, 3.63) is 0 Å². The molecule has 1 aliphatic heterocycles. The van der Waals surface area contributed by atoms with Crippen molar-refractivity contribution in [2.24, 2.45) is 5.92 Å². The van der Waals surface area contributed by atoms with Gasteiger partial charge >= 0.3 is 17.8 Å². The highest BCUT2D eigenvalue weighted by molar-refractivity contribution is 6.35. The lowest BCUT2D eigenvalue weighted by molar-refractivity contribution is -0.147. The molecule has 2 fully saturated rings. The van der Waals surface area contributed by atoms with Crippen LogP contribution in [0.4, 0.5) is 4.79 Å². The van der Waals surface area contributed by atoms with E-state index in [1.54, 1.807) is 6.92 Å². The van der Waals surface area contributed by atoms with Gasteiger partial charge in [-0.25, -0.2) is 4.79 Å². The minimum atomic E-state index is -0.548. The molecule has 26 heavy (non-hydrogen) atoms. The predicted molar refractivity (Wildman–Crippen MR) is 95.2 cm³/mol. The molecular formula is C17H29N5O4. The molecule has 0 bridgehead atoms. The molecule has 0 aromatic heterocycles. The highest BCUT2D eigenvalue weighted by Crippen LogP contribution is 2.18. The van der Waals surface area contributed by atoms with Crippen molar-refractivity contribution >= 4 is 23.8 Å². The molecule has 0 radical (unpaired) electrons. The van der Waals surface area contributed by atoms with Crippen LogP contribution in [-0.4, -0.2) is 78.4 Å². The zero-order valence-electron chi connectivity index (χ0n) is 15.7. The van der Waals surface area contributed by atoms with Crippen LogP contribution in [0.3, 0.4) is 0 Å². The lowest BCUT2D eigenvalue weighted by Gasteiger charge is -2.37. The van der Waals surface area contributed by atoms with Crippen molar-refractivity contribution in [1.29, 1.82) is 0 Å². The summed E-state index contributed by atoms with van der Waals surface area (Å²) in [7, 11) is 0. The predicted octanol–water partition coefficient (Wildman–Crippen LogP) is -0.720. The van der Waals surface area contributed by atoms with Gasteiger partial charge in [0, 0.05) is 38.8 Å². The van der Waals surface area contributed by atoms with E-state index < -0.39 is 23.9 Å². The summed E-state index contributed by atoms with van der Waals surface area (Å²) >= 11 is 0. The molecular weight excluding hydrogens is 338 g/mol. The SMILES string of the molecule is CC(C)CNC(=O)NC(=O)C(C)N1CCN(C(=O)C(=O)NC2CC2)CC1. The first kappa shape index (κ1) is 20.2. The average molecular weight is 367 g/mol. The number of carbonyl (C=O) groups is 4. The van der Waals surface area contributed by atoms with Gasteiger partial charge in [0.05, 0.1) is 6.04 Å². The second kappa shape index (κ2) is 8.98. The van der Waals surface area contributed by atoms with Crippen molar-refractivity contribution < 1.29 is 19.2 Å². The van der Waals surface area contributed by atoms with E-state index in [9.17, 15) is 19.2 Å². The van der Waals surface area contributed by atoms with Crippen LogP contribution in [0.1, 0.15) is 33.6 Å². The zero-order chi connectivity index (χ0) is 19.3. The summed E-state index contributed by atoms with van der Waals surface area (Å²) in [6, 6.07) is -0.836. The highest BCUT2D eigenvalue weighted by Gasteiger charge is 2.32. The minimum Gasteiger partial charge on any atom is -0.345 e. The Labute approximate surface area is 153 Å². The second-order valence-corrected chi connectivity index (χ2v) is 7.35. The van der Waals surface area contributed by atoms with Crippen LogP contribution in [0.2, 0.25) is 0 Å². The second-order valence-electron chi connectivity index (χ2n) is 7.35. The largest absolute Gasteiger partial charge is 0.345 e. The van der Waals surface area contributed by atoms with Gasteiger partial charge in [-0.05, 0) is 25.7 Å². The lowest BCUT2D eigenvalue weighted by atomic mass is 10.2. The molecule has 3 N–H and O–H groups in total. The molecule has 2 aliphatic rings. The van der Waals surface area contributed by atoms with Gasteiger partial charge in [-0.15, -0.1) is 0 Å². The Bertz CT molecular complexity index is 553. The summed E-state index contributed by atoms with van der Waals surface area (Å²) in [6.07, 6.45) is 1.87. The maximum atomic E-state index is 12.2. The van der Waals surface area contributed by atoms with Crippen molar-refractivity contribution in [3.63, 3.8) is 0 Å². The molecule has 0 aromatic rings. The van der Waals surface area contributed by atoms with Gasteiger partial charge in [0.25, 0.3) is 0 Å². The first-order chi connectivity index (χ1) is 12.3. The van der Waals surface area contributed by atoms with Gasteiger partial charge < -0.3 is 15.5 Å². The number of amides is 5. The third-order valence-electron chi connectivity index (χ3n) is 4.54. The molecule has 2 rings (SSSR count). The Morgan fingerprint density at radius 2 is 1.62 bits per heavy atom. The van der Waals surface area contributed by atoms with Crippen molar-refractivity contribution in [1.82, 2.24) is 25.8 Å². The molecule has 1 heterocycles. The number of imide groups is 1. The topological polar surface area (TPSA) is 111 Å². The number of hydrogen-bond acceptors (Lipinski definition) is 5. The van der Waals surface area contributed by atoms with Crippen LogP contribution in [0.15, 0.2) is 0 Å². The Balaban J connectivity index is 1.73. The van der Waals surface area contributed by atoms with Gasteiger partial charge in [-0.1, -0.05) is 13.8 Å². The molecule has 1 unspecified atom stereocenters. The Morgan fingerprint density at radius 1 is 1.00 bits per heavy atom. The van der Waals surface area contributed by atoms with E-state index in [0.717, 1.165) is 12.8 Å². The fourth-order valence-electron chi connectivity index (χ4n) is 2.65. The summed E-state index contributed by atoms with van der Waals surface area (Å²) in [5.74, 6) is -1.14. The van der Waals surface area contributed by atoms with Crippen molar-refractivity contribution in [3.8, 4) is 0 Å². The van der Waals surface area contributed by atoms with Crippen LogP contribution < -0.4 is 16.0 Å². The molecule has 1 aliphatic carbocycles. The van der Waals surface area contributed by atoms with Crippen LogP contribution in [-0.2, 0) is 14.4 Å². The summed E-state index contributed by atoms with van der Waals surface area (Å²) in [5, 5.41) is 7.67. The zero-order valence-corrected chi connectivity index (χ0v) is 15.7. The maximum absolute atomic E-state index is 12.2. The summed E-state index contributed by atoms with van der Waals surface area (Å²) in [4.78, 5) is 51.2. The van der Waals surface area contributed by atoms with E-state index in [1.165, 1.54) is 4.90 Å². The van der Waals surface area contributed by atoms with Gasteiger partial charge in [0.15, 0.2) is 0 Å². The van der Waals surface area contributed by atoms with Gasteiger partial charge in [-0.2, -0.15) is 0 Å². The Morgan fingerprint density at radius 3 is 2.15 bits per heavy atom. The fourth-order valence-corrected chi connectivity index (χ4v) is 2.65. The van der Waals surface area contributed by atoms with Crippen LogP contribution in [0.5, 0.6) is 0 Å². The first-order valence-corrected chi connectivity index (χ1v) is 9.20. The molecule has 9 heteroatoms. The Hall–Kier alpha value is -2.16. The summed E-state index contributed by atoms with van der Waals surface area (Å²) < 4.78 is 0. The normalized spacial score (nSPS) is 19.0. The number of piperazine rings is 1. The molecule has 1 atom stereocenters. The van der Waals surface area contributed by atoms with E-state index in [1.807, 2.05) is 18.7 Å². The van der Waals surface area contributed by atoms with Gasteiger partial charge in [0.1, 0.15) is 0 Å². The quantitative estimate of drug-likeness (QED) is 0.556. The Kier molecular flexibility index (Phi) is 6.96. The molecule has 5 amide bonds. The third-order valence-corrected chi connectivity index (χ3v) is 4.54. The minimum absolute atomic E-state index is 0.151. The number of carbonyl (C=O) groups excluding carboxylic acids is 4. The molecule has 0 aromatic carbocycles. The third kappa shape index (κ3) is 5.98. The van der Waals surface area contributed by atoms with Crippen LogP contribution >= 0.6 is 0 Å². The van der Waals surface area contributed by atoms with E-state index in [2.05, 4.69) is 16.0 Å². The number of nitrogens with zero attached hydrogens (tertiary/aromatic N) is 2. The van der Waals surface area contributed by atoms with Gasteiger partial charge in [0.2, 0.25) is 5.91 Å². The number of nitrogens with one attached hydrogen (secondary N) is 3. The van der Waals surface area contributed by atoms with E-state index in [-0.39, 0.29) is 11.9 Å². The molecule has 1 saturated heterocycles. The number of hydrogen-bond donors (Lipinski definition) is 3. The standard InChI is InChI=1S/C17H29N5O4/c1-11(2)10-18-17(26)20-14(23)12(3)21-6-8-22(9-7-21)16(25)15(24)19-13-4-5-13/h11-13H,4-10H2,1-3H3,(H,19,24)(H2,18,20,23,26).